The Morgan fingerprint density at radius 1 is 0.292 bits per heavy atom. The molecule has 10 aromatic rings. The van der Waals surface area contributed by atoms with E-state index in [4.69, 9.17) is 0 Å². The lowest BCUT2D eigenvalue weighted by molar-refractivity contribution is 1.66. The van der Waals surface area contributed by atoms with Crippen molar-refractivity contribution < 1.29 is 0 Å². The predicted octanol–water partition coefficient (Wildman–Crippen LogP) is 14.2. The van der Waals surface area contributed by atoms with Gasteiger partial charge in [-0.25, -0.2) is 0 Å². The van der Waals surface area contributed by atoms with Crippen LogP contribution in [-0.2, 0) is 0 Å². The van der Waals surface area contributed by atoms with Gasteiger partial charge in [-0.15, -0.1) is 22.7 Å². The minimum atomic E-state index is 1.25. The zero-order valence-corrected chi connectivity index (χ0v) is 27.6. The van der Waals surface area contributed by atoms with Crippen LogP contribution in [0.4, 0.5) is 0 Å². The molecule has 0 aliphatic heterocycles. The van der Waals surface area contributed by atoms with Gasteiger partial charge in [-0.3, -0.25) is 0 Å². The van der Waals surface area contributed by atoms with E-state index in [0.717, 1.165) is 0 Å². The first-order valence-corrected chi connectivity index (χ1v) is 18.0. The molecule has 2 aromatic heterocycles. The van der Waals surface area contributed by atoms with Gasteiger partial charge in [0.2, 0.25) is 0 Å². The monoisotopic (exact) mass is 644 g/mol. The van der Waals surface area contributed by atoms with Crippen molar-refractivity contribution in [2.75, 3.05) is 0 Å². The van der Waals surface area contributed by atoms with Crippen molar-refractivity contribution in [1.82, 2.24) is 0 Å². The van der Waals surface area contributed by atoms with E-state index < -0.39 is 0 Å². The summed E-state index contributed by atoms with van der Waals surface area (Å²) in [5, 5.41) is 9.18. The molecule has 0 amide bonds. The summed E-state index contributed by atoms with van der Waals surface area (Å²) in [4.78, 5) is 1.33. The van der Waals surface area contributed by atoms with Crippen LogP contribution in [0.25, 0.3) is 95.6 Å². The second-order valence-corrected chi connectivity index (χ2v) is 14.4. The van der Waals surface area contributed by atoms with Crippen LogP contribution in [-0.4, -0.2) is 0 Å². The maximum atomic E-state index is 2.38. The third-order valence-corrected chi connectivity index (χ3v) is 12.1. The summed E-state index contributed by atoms with van der Waals surface area (Å²) in [6, 6.07) is 62.3. The van der Waals surface area contributed by atoms with Gasteiger partial charge in [-0.05, 0) is 67.1 Å². The van der Waals surface area contributed by atoms with Crippen molar-refractivity contribution in [3.8, 4) is 43.8 Å². The van der Waals surface area contributed by atoms with Crippen LogP contribution >= 0.6 is 22.7 Å². The maximum absolute atomic E-state index is 2.38. The molecule has 10 rings (SSSR count). The first-order chi connectivity index (χ1) is 23.8. The van der Waals surface area contributed by atoms with Gasteiger partial charge in [-0.2, -0.15) is 0 Å². The van der Waals surface area contributed by atoms with E-state index in [-0.39, 0.29) is 0 Å². The highest BCUT2D eigenvalue weighted by Gasteiger charge is 2.23. The first kappa shape index (κ1) is 27.6. The summed E-state index contributed by atoms with van der Waals surface area (Å²) < 4.78 is 4.01. The maximum Gasteiger partial charge on any atom is 0.0449 e. The van der Waals surface area contributed by atoms with E-state index in [0.29, 0.717) is 0 Å². The fourth-order valence-corrected chi connectivity index (χ4v) is 10.3. The Bertz CT molecular complexity index is 2750. The van der Waals surface area contributed by atoms with E-state index in [1.54, 1.807) is 0 Å². The number of rotatable bonds is 4. The van der Waals surface area contributed by atoms with E-state index in [2.05, 4.69) is 170 Å². The molecule has 0 saturated carbocycles. The van der Waals surface area contributed by atoms with Crippen LogP contribution < -0.4 is 0 Å². The molecule has 2 heterocycles. The van der Waals surface area contributed by atoms with Gasteiger partial charge in [-0.1, -0.05) is 158 Å². The molecule has 0 spiro atoms. The predicted molar refractivity (Wildman–Crippen MR) is 211 cm³/mol. The van der Waals surface area contributed by atoms with E-state index in [1.807, 2.05) is 22.7 Å². The van der Waals surface area contributed by atoms with Crippen LogP contribution in [0.15, 0.2) is 170 Å². The molecular weight excluding hydrogens is 617 g/mol. The van der Waals surface area contributed by atoms with Crippen LogP contribution in [0.3, 0.4) is 0 Å². The summed E-state index contributed by atoms with van der Waals surface area (Å²) in [6.07, 6.45) is 0. The Labute approximate surface area is 286 Å². The molecular formula is C46H28S2. The molecule has 2 heteroatoms. The summed E-state index contributed by atoms with van der Waals surface area (Å²) in [5.74, 6) is 0. The van der Waals surface area contributed by atoms with Crippen molar-refractivity contribution in [2.45, 2.75) is 0 Å². The lowest BCUT2D eigenvalue weighted by Crippen LogP contribution is -1.91. The van der Waals surface area contributed by atoms with E-state index in [9.17, 15) is 0 Å². The minimum absolute atomic E-state index is 1.25. The van der Waals surface area contributed by atoms with Gasteiger partial charge in [0.05, 0.1) is 0 Å². The Balaban J connectivity index is 1.33. The second-order valence-electron chi connectivity index (χ2n) is 12.3. The van der Waals surface area contributed by atoms with Gasteiger partial charge < -0.3 is 0 Å². The van der Waals surface area contributed by atoms with Crippen LogP contribution in [0, 0.1) is 0 Å². The average molecular weight is 645 g/mol. The van der Waals surface area contributed by atoms with Crippen molar-refractivity contribution in [2.24, 2.45) is 0 Å². The molecule has 0 unspecified atom stereocenters. The zero-order chi connectivity index (χ0) is 31.6. The molecule has 48 heavy (non-hydrogen) atoms. The fraction of sp³-hybridized carbons (Fsp3) is 0. The van der Waals surface area contributed by atoms with Gasteiger partial charge in [0.1, 0.15) is 0 Å². The smallest absolute Gasteiger partial charge is 0.0449 e. The Morgan fingerprint density at radius 2 is 0.792 bits per heavy atom. The Morgan fingerprint density at radius 3 is 1.40 bits per heavy atom. The largest absolute Gasteiger partial charge is 0.134 e. The lowest BCUT2D eigenvalue weighted by Gasteiger charge is -2.18. The standard InChI is InChI=1S/C46H28S2/c1-4-15-29(16-5-1)40-32-21-10-12-23-34(32)42(35-24-13-11-22-33(35)40)36-25-14-26-38-43(36)37-27-28-39-44(46(37)48-38)41(30-17-6-2-7-18-30)45(47-39)31-19-8-3-9-20-31/h1-28H. The highest BCUT2D eigenvalue weighted by atomic mass is 32.1. The third kappa shape index (κ3) is 4.13. The molecule has 0 atom stereocenters. The van der Waals surface area contributed by atoms with Crippen molar-refractivity contribution >= 4 is 74.5 Å². The molecule has 0 aliphatic carbocycles. The highest BCUT2D eigenvalue weighted by Crippen LogP contribution is 2.53. The normalized spacial score (nSPS) is 11.8. The topological polar surface area (TPSA) is 0 Å². The van der Waals surface area contributed by atoms with Crippen molar-refractivity contribution in [3.63, 3.8) is 0 Å². The van der Waals surface area contributed by atoms with Gasteiger partial charge in [0.15, 0.2) is 0 Å². The SMILES string of the molecule is c1ccc(-c2sc3ccc4c(sc5cccc(-c6c7ccccc7c(-c7ccccc7)c7ccccc67)c54)c3c2-c2ccccc2)cc1. The van der Waals surface area contributed by atoms with Gasteiger partial charge >= 0.3 is 0 Å². The highest BCUT2D eigenvalue weighted by molar-refractivity contribution is 7.28. The van der Waals surface area contributed by atoms with Crippen molar-refractivity contribution in [3.05, 3.63) is 170 Å². The first-order valence-electron chi connectivity index (χ1n) is 16.4. The summed E-state index contributed by atoms with van der Waals surface area (Å²) in [6.45, 7) is 0. The number of benzene rings is 8. The van der Waals surface area contributed by atoms with Crippen molar-refractivity contribution in [1.29, 1.82) is 0 Å². The van der Waals surface area contributed by atoms with Crippen LogP contribution in [0.1, 0.15) is 0 Å². The summed E-state index contributed by atoms with van der Waals surface area (Å²) in [5.41, 5.74) is 9.02. The number of hydrogen-bond acceptors (Lipinski definition) is 2. The summed E-state index contributed by atoms with van der Waals surface area (Å²) >= 11 is 3.84. The quantitative estimate of drug-likeness (QED) is 0.167. The summed E-state index contributed by atoms with van der Waals surface area (Å²) in [7, 11) is 0. The van der Waals surface area contributed by atoms with Crippen LogP contribution in [0.2, 0.25) is 0 Å². The average Bonchev–Trinajstić information content (AvgIpc) is 3.74. The van der Waals surface area contributed by atoms with Gasteiger partial charge in [0, 0.05) is 40.7 Å². The third-order valence-electron chi connectivity index (χ3n) is 9.68. The molecule has 0 fully saturated rings. The Kier molecular flexibility index (Phi) is 6.33. The lowest BCUT2D eigenvalue weighted by atomic mass is 9.85. The Hall–Kier alpha value is -5.54. The van der Waals surface area contributed by atoms with E-state index in [1.165, 1.54) is 95.6 Å². The molecule has 0 N–H and O–H groups in total. The molecule has 0 aliphatic rings. The van der Waals surface area contributed by atoms with Gasteiger partial charge in [0.25, 0.3) is 0 Å². The molecule has 0 nitrogen and oxygen atoms in total. The molecule has 0 bridgehead atoms. The zero-order valence-electron chi connectivity index (χ0n) is 26.0. The number of fused-ring (bicyclic) bond motifs is 7. The fourth-order valence-electron chi connectivity index (χ4n) is 7.68. The molecule has 0 saturated heterocycles. The second kappa shape index (κ2) is 11.0. The minimum Gasteiger partial charge on any atom is -0.134 e. The van der Waals surface area contributed by atoms with Crippen LogP contribution in [0.5, 0.6) is 0 Å². The number of hydrogen-bond donors (Lipinski definition) is 0. The molecule has 0 radical (unpaired) electrons. The van der Waals surface area contributed by atoms with E-state index >= 15 is 0 Å². The molecule has 224 valence electrons. The molecule has 8 aromatic carbocycles. The number of thiophene rings is 2.